The van der Waals surface area contributed by atoms with Crippen molar-refractivity contribution in [3.05, 3.63) is 41.0 Å². The number of tetrazole rings is 1. The fourth-order valence-corrected chi connectivity index (χ4v) is 3.33. The second kappa shape index (κ2) is 11.0. The molecule has 0 amide bonds. The number of aliphatic hydroxyl groups is 1. The highest BCUT2D eigenvalue weighted by molar-refractivity contribution is 5.71. The number of nitrogens with one attached hydrogen (secondary N) is 2. The number of benzene rings is 1. The molecule has 0 saturated carbocycles. The Kier molecular flexibility index (Phi) is 8.66. The normalized spacial score (nSPS) is 14.7. The van der Waals surface area contributed by atoms with Crippen molar-refractivity contribution >= 4 is 5.97 Å². The second-order valence-corrected chi connectivity index (χ2v) is 7.90. The summed E-state index contributed by atoms with van der Waals surface area (Å²) in [6, 6.07) is 4.94. The number of hydrogen-bond acceptors (Lipinski definition) is 6. The predicted octanol–water partition coefficient (Wildman–Crippen LogP) is 2.27. The first kappa shape index (κ1) is 22.9. The maximum atomic E-state index is 14.5. The van der Waals surface area contributed by atoms with E-state index in [-0.39, 0.29) is 11.7 Å². The van der Waals surface area contributed by atoms with E-state index in [1.807, 2.05) is 13.8 Å². The smallest absolute Gasteiger partial charge is 0.307 e. The number of hydrogen-bond donors (Lipinski definition) is 4. The summed E-state index contributed by atoms with van der Waals surface area (Å²) < 4.78 is 14.5. The van der Waals surface area contributed by atoms with Crippen molar-refractivity contribution in [2.45, 2.75) is 58.6 Å². The lowest BCUT2D eigenvalue weighted by molar-refractivity contribution is -0.143. The number of carboxylic acid groups (broad SMARTS) is 1. The van der Waals surface area contributed by atoms with Crippen molar-refractivity contribution in [1.29, 1.82) is 0 Å². The standard InChI is InChI=1S/C20H30FN5O3/c1-12(2)8-17(20(28)29)16(19-23-25-26-24-19)9-14-4-5-15(18(21)10-14)11-22-7-6-13(3)27/h4-5,10,12-13,16-17,22,27H,6-9,11H2,1-3H3,(H,28,29)(H,23,24,25,26)/t13?,16-,17-/m0/s1. The van der Waals surface area contributed by atoms with Crippen molar-refractivity contribution < 1.29 is 19.4 Å². The van der Waals surface area contributed by atoms with E-state index in [0.717, 1.165) is 0 Å². The van der Waals surface area contributed by atoms with Gasteiger partial charge in [0.25, 0.3) is 0 Å². The van der Waals surface area contributed by atoms with Gasteiger partial charge < -0.3 is 15.5 Å². The number of aromatic nitrogens is 4. The van der Waals surface area contributed by atoms with E-state index in [9.17, 15) is 19.4 Å². The summed E-state index contributed by atoms with van der Waals surface area (Å²) in [6.07, 6.45) is 0.960. The van der Waals surface area contributed by atoms with E-state index in [2.05, 4.69) is 25.9 Å². The topological polar surface area (TPSA) is 124 Å². The Morgan fingerprint density at radius 1 is 1.31 bits per heavy atom. The van der Waals surface area contributed by atoms with Crippen LogP contribution in [-0.2, 0) is 17.8 Å². The van der Waals surface area contributed by atoms with Gasteiger partial charge in [-0.25, -0.2) is 4.39 Å². The van der Waals surface area contributed by atoms with E-state index in [1.165, 1.54) is 6.07 Å². The molecule has 3 atom stereocenters. The largest absolute Gasteiger partial charge is 0.481 e. The van der Waals surface area contributed by atoms with Crippen LogP contribution in [0.15, 0.2) is 18.2 Å². The molecule has 1 unspecified atom stereocenters. The SMILES string of the molecule is CC(C)C[C@H](C(=O)O)[C@H](Cc1ccc(CNCCC(C)O)c(F)c1)c1nn[nH]n1. The van der Waals surface area contributed by atoms with Crippen LogP contribution in [-0.4, -0.2) is 49.5 Å². The van der Waals surface area contributed by atoms with Crippen LogP contribution in [0.5, 0.6) is 0 Å². The number of carbonyl (C=O) groups is 1. The fraction of sp³-hybridized carbons (Fsp3) is 0.600. The second-order valence-electron chi connectivity index (χ2n) is 7.90. The zero-order chi connectivity index (χ0) is 21.4. The molecule has 0 spiro atoms. The van der Waals surface area contributed by atoms with Gasteiger partial charge in [0.2, 0.25) is 0 Å². The highest BCUT2D eigenvalue weighted by atomic mass is 19.1. The Labute approximate surface area is 169 Å². The van der Waals surface area contributed by atoms with E-state index in [4.69, 9.17) is 0 Å². The maximum absolute atomic E-state index is 14.5. The number of aliphatic carboxylic acids is 1. The third kappa shape index (κ3) is 7.17. The maximum Gasteiger partial charge on any atom is 0.307 e. The molecule has 0 aliphatic carbocycles. The van der Waals surface area contributed by atoms with Gasteiger partial charge >= 0.3 is 5.97 Å². The van der Waals surface area contributed by atoms with Gasteiger partial charge in [0, 0.05) is 18.0 Å². The number of aromatic amines is 1. The zero-order valence-corrected chi connectivity index (χ0v) is 17.1. The molecule has 2 rings (SSSR count). The first-order valence-electron chi connectivity index (χ1n) is 9.90. The van der Waals surface area contributed by atoms with Crippen LogP contribution < -0.4 is 5.32 Å². The molecule has 2 aromatic rings. The number of rotatable bonds is 12. The first-order valence-corrected chi connectivity index (χ1v) is 9.90. The van der Waals surface area contributed by atoms with Gasteiger partial charge in [-0.15, -0.1) is 10.2 Å². The Hall–Kier alpha value is -2.39. The van der Waals surface area contributed by atoms with Crippen LogP contribution in [0.2, 0.25) is 0 Å². The minimum absolute atomic E-state index is 0.178. The molecule has 0 radical (unpaired) electrons. The Balaban J connectivity index is 2.14. The fourth-order valence-electron chi connectivity index (χ4n) is 3.33. The van der Waals surface area contributed by atoms with Gasteiger partial charge in [-0.2, -0.15) is 5.21 Å². The number of aliphatic hydroxyl groups excluding tert-OH is 1. The first-order chi connectivity index (χ1) is 13.8. The average molecular weight is 407 g/mol. The van der Waals surface area contributed by atoms with Gasteiger partial charge in [0.1, 0.15) is 5.82 Å². The number of halogens is 1. The van der Waals surface area contributed by atoms with Crippen LogP contribution in [0.3, 0.4) is 0 Å². The molecule has 8 nitrogen and oxygen atoms in total. The third-order valence-electron chi connectivity index (χ3n) is 4.85. The summed E-state index contributed by atoms with van der Waals surface area (Å²) in [5, 5.41) is 36.0. The molecule has 1 heterocycles. The van der Waals surface area contributed by atoms with E-state index in [0.29, 0.717) is 49.3 Å². The third-order valence-corrected chi connectivity index (χ3v) is 4.85. The molecule has 0 aliphatic heterocycles. The summed E-state index contributed by atoms with van der Waals surface area (Å²) in [6.45, 7) is 6.58. The number of nitrogens with zero attached hydrogens (tertiary/aromatic N) is 3. The molecule has 0 saturated heterocycles. The Bertz CT molecular complexity index is 767. The van der Waals surface area contributed by atoms with Crippen LogP contribution in [0.4, 0.5) is 4.39 Å². The molecule has 29 heavy (non-hydrogen) atoms. The molecule has 160 valence electrons. The monoisotopic (exact) mass is 407 g/mol. The summed E-state index contributed by atoms with van der Waals surface area (Å²) in [5.74, 6) is -1.98. The lowest BCUT2D eigenvalue weighted by atomic mass is 9.81. The quantitative estimate of drug-likeness (QED) is 0.398. The lowest BCUT2D eigenvalue weighted by Crippen LogP contribution is -2.26. The molecule has 1 aromatic heterocycles. The molecule has 0 bridgehead atoms. The summed E-state index contributed by atoms with van der Waals surface area (Å²) in [7, 11) is 0. The highest BCUT2D eigenvalue weighted by Gasteiger charge is 2.33. The van der Waals surface area contributed by atoms with Crippen LogP contribution in [0, 0.1) is 17.7 Å². The van der Waals surface area contributed by atoms with Crippen molar-refractivity contribution in [3.63, 3.8) is 0 Å². The van der Waals surface area contributed by atoms with Gasteiger partial charge in [-0.05, 0) is 50.3 Å². The van der Waals surface area contributed by atoms with Gasteiger partial charge in [0.05, 0.1) is 12.0 Å². The molecular formula is C20H30FN5O3. The predicted molar refractivity (Wildman–Crippen MR) is 106 cm³/mol. The van der Waals surface area contributed by atoms with Crippen molar-refractivity contribution in [2.75, 3.05) is 6.54 Å². The average Bonchev–Trinajstić information content (AvgIpc) is 3.17. The van der Waals surface area contributed by atoms with Gasteiger partial charge in [-0.3, -0.25) is 4.79 Å². The number of H-pyrrole nitrogens is 1. The minimum Gasteiger partial charge on any atom is -0.481 e. The van der Waals surface area contributed by atoms with Crippen LogP contribution in [0.1, 0.15) is 56.5 Å². The molecule has 4 N–H and O–H groups in total. The van der Waals surface area contributed by atoms with E-state index >= 15 is 0 Å². The van der Waals surface area contributed by atoms with Crippen LogP contribution in [0.25, 0.3) is 0 Å². The summed E-state index contributed by atoms with van der Waals surface area (Å²) >= 11 is 0. The van der Waals surface area contributed by atoms with Crippen molar-refractivity contribution in [3.8, 4) is 0 Å². The zero-order valence-electron chi connectivity index (χ0n) is 17.1. The Morgan fingerprint density at radius 2 is 2.07 bits per heavy atom. The van der Waals surface area contributed by atoms with Crippen LogP contribution >= 0.6 is 0 Å². The Morgan fingerprint density at radius 3 is 2.62 bits per heavy atom. The van der Waals surface area contributed by atoms with Crippen molar-refractivity contribution in [2.24, 2.45) is 11.8 Å². The molecule has 0 fully saturated rings. The minimum atomic E-state index is -0.923. The van der Waals surface area contributed by atoms with Gasteiger partial charge in [-0.1, -0.05) is 31.2 Å². The molecular weight excluding hydrogens is 377 g/mol. The molecule has 9 heteroatoms. The molecule has 0 aliphatic rings. The highest BCUT2D eigenvalue weighted by Crippen LogP contribution is 2.31. The number of carboxylic acids is 1. The van der Waals surface area contributed by atoms with Crippen molar-refractivity contribution in [1.82, 2.24) is 25.9 Å². The summed E-state index contributed by atoms with van der Waals surface area (Å²) in [5.41, 5.74) is 1.20. The van der Waals surface area contributed by atoms with E-state index in [1.54, 1.807) is 19.1 Å². The van der Waals surface area contributed by atoms with Gasteiger partial charge in [0.15, 0.2) is 5.82 Å². The lowest BCUT2D eigenvalue weighted by Gasteiger charge is -2.23. The molecule has 1 aromatic carbocycles. The van der Waals surface area contributed by atoms with E-state index < -0.39 is 23.9 Å². The summed E-state index contributed by atoms with van der Waals surface area (Å²) in [4.78, 5) is 11.9.